The summed E-state index contributed by atoms with van der Waals surface area (Å²) in [4.78, 5) is 4.12. The lowest BCUT2D eigenvalue weighted by atomic mass is 10.1. The van der Waals surface area contributed by atoms with Crippen molar-refractivity contribution in [1.82, 2.24) is 14.9 Å². The molecule has 0 spiro atoms. The zero-order valence-electron chi connectivity index (χ0n) is 11.7. The molecule has 21 heavy (non-hydrogen) atoms. The lowest BCUT2D eigenvalue weighted by Crippen LogP contribution is -2.27. The van der Waals surface area contributed by atoms with E-state index in [-0.39, 0.29) is 11.4 Å². The Morgan fingerprint density at radius 2 is 2.19 bits per heavy atom. The van der Waals surface area contributed by atoms with Gasteiger partial charge in [-0.3, -0.25) is 0 Å². The van der Waals surface area contributed by atoms with Gasteiger partial charge in [0.2, 0.25) is 16.4 Å². The highest BCUT2D eigenvalue weighted by molar-refractivity contribution is 7.89. The van der Waals surface area contributed by atoms with E-state index in [2.05, 4.69) is 19.4 Å². The van der Waals surface area contributed by atoms with E-state index in [0.29, 0.717) is 25.2 Å². The van der Waals surface area contributed by atoms with Gasteiger partial charge < -0.3 is 10.3 Å². The third kappa shape index (κ3) is 3.87. The van der Waals surface area contributed by atoms with Crippen LogP contribution < -0.4 is 10.5 Å². The van der Waals surface area contributed by atoms with Gasteiger partial charge in [-0.1, -0.05) is 24.2 Å². The molecule has 114 valence electrons. The van der Waals surface area contributed by atoms with Crippen LogP contribution in [0.4, 0.5) is 0 Å². The van der Waals surface area contributed by atoms with Crippen molar-refractivity contribution in [3.8, 4) is 0 Å². The third-order valence-electron chi connectivity index (χ3n) is 3.09. The minimum atomic E-state index is -3.58. The van der Waals surface area contributed by atoms with Gasteiger partial charge in [-0.25, -0.2) is 13.1 Å². The van der Waals surface area contributed by atoms with Gasteiger partial charge in [-0.05, 0) is 23.6 Å². The molecule has 0 radical (unpaired) electrons. The highest BCUT2D eigenvalue weighted by Crippen LogP contribution is 2.18. The summed E-state index contributed by atoms with van der Waals surface area (Å²) in [6.45, 7) is 2.42. The van der Waals surface area contributed by atoms with Crippen molar-refractivity contribution in [2.75, 3.05) is 6.54 Å². The zero-order chi connectivity index (χ0) is 15.3. The van der Waals surface area contributed by atoms with Gasteiger partial charge >= 0.3 is 0 Å². The molecule has 0 aliphatic rings. The first kappa shape index (κ1) is 15.6. The molecule has 2 aromatic rings. The van der Waals surface area contributed by atoms with E-state index >= 15 is 0 Å². The van der Waals surface area contributed by atoms with Crippen LogP contribution in [-0.2, 0) is 29.4 Å². The molecule has 8 heteroatoms. The first-order valence-corrected chi connectivity index (χ1v) is 8.12. The number of nitrogens with one attached hydrogen (secondary N) is 1. The molecule has 0 aliphatic carbocycles. The second-order valence-corrected chi connectivity index (χ2v) is 6.23. The summed E-state index contributed by atoms with van der Waals surface area (Å²) in [5, 5.41) is 3.63. The SMILES string of the molecule is CCc1ccc(CN)cc1S(=O)(=O)NCCc1ncon1. The molecule has 0 fully saturated rings. The second-order valence-electron chi connectivity index (χ2n) is 4.49. The van der Waals surface area contributed by atoms with E-state index in [1.165, 1.54) is 6.39 Å². The summed E-state index contributed by atoms with van der Waals surface area (Å²) >= 11 is 0. The maximum atomic E-state index is 12.4. The number of aryl methyl sites for hydroxylation is 1. The number of hydrogen-bond donors (Lipinski definition) is 2. The standard InChI is InChI=1S/C13H18N4O3S/c1-2-11-4-3-10(8-14)7-12(11)21(18,19)16-6-5-13-15-9-20-17-13/h3-4,7,9,16H,2,5-6,8,14H2,1H3. The molecule has 1 aromatic heterocycles. The van der Waals surface area contributed by atoms with Crippen LogP contribution in [0.2, 0.25) is 0 Å². The number of nitrogens with zero attached hydrogens (tertiary/aromatic N) is 2. The van der Waals surface area contributed by atoms with Gasteiger partial charge in [-0.2, -0.15) is 4.98 Å². The Morgan fingerprint density at radius 1 is 1.38 bits per heavy atom. The van der Waals surface area contributed by atoms with Crippen LogP contribution in [0.3, 0.4) is 0 Å². The molecule has 1 heterocycles. The normalized spacial score (nSPS) is 11.7. The minimum absolute atomic E-state index is 0.206. The maximum absolute atomic E-state index is 12.4. The fraction of sp³-hybridized carbons (Fsp3) is 0.385. The second kappa shape index (κ2) is 6.79. The molecule has 0 atom stereocenters. The number of aromatic nitrogens is 2. The topological polar surface area (TPSA) is 111 Å². The Labute approximate surface area is 123 Å². The Morgan fingerprint density at radius 3 is 2.81 bits per heavy atom. The molecule has 0 saturated carbocycles. The number of rotatable bonds is 7. The van der Waals surface area contributed by atoms with Gasteiger partial charge in [0.1, 0.15) is 0 Å². The smallest absolute Gasteiger partial charge is 0.240 e. The van der Waals surface area contributed by atoms with Crippen LogP contribution in [0.1, 0.15) is 23.9 Å². The molecule has 7 nitrogen and oxygen atoms in total. The zero-order valence-corrected chi connectivity index (χ0v) is 12.6. The van der Waals surface area contributed by atoms with E-state index in [1.54, 1.807) is 12.1 Å². The van der Waals surface area contributed by atoms with Crippen LogP contribution in [0.25, 0.3) is 0 Å². The molecule has 0 bridgehead atoms. The summed E-state index contributed by atoms with van der Waals surface area (Å²) < 4.78 is 31.9. The molecule has 0 unspecified atom stereocenters. The van der Waals surface area contributed by atoms with E-state index < -0.39 is 10.0 Å². The van der Waals surface area contributed by atoms with Crippen LogP contribution >= 0.6 is 0 Å². The fourth-order valence-corrected chi connectivity index (χ4v) is 3.34. The molecule has 0 saturated heterocycles. The van der Waals surface area contributed by atoms with Crippen molar-refractivity contribution in [1.29, 1.82) is 0 Å². The van der Waals surface area contributed by atoms with Crippen molar-refractivity contribution < 1.29 is 12.9 Å². The summed E-state index contributed by atoms with van der Waals surface area (Å²) in [6.07, 6.45) is 2.21. The monoisotopic (exact) mass is 310 g/mol. The van der Waals surface area contributed by atoms with Crippen molar-refractivity contribution in [3.05, 3.63) is 41.5 Å². The average molecular weight is 310 g/mol. The van der Waals surface area contributed by atoms with Crippen molar-refractivity contribution in [2.24, 2.45) is 5.73 Å². The van der Waals surface area contributed by atoms with Crippen LogP contribution in [0.15, 0.2) is 34.0 Å². The maximum Gasteiger partial charge on any atom is 0.240 e. The van der Waals surface area contributed by atoms with E-state index in [0.717, 1.165) is 11.1 Å². The van der Waals surface area contributed by atoms with Gasteiger partial charge in [0.15, 0.2) is 5.82 Å². The Balaban J connectivity index is 2.14. The van der Waals surface area contributed by atoms with Crippen LogP contribution in [-0.4, -0.2) is 25.1 Å². The first-order valence-electron chi connectivity index (χ1n) is 6.63. The fourth-order valence-electron chi connectivity index (χ4n) is 1.95. The van der Waals surface area contributed by atoms with Crippen molar-refractivity contribution >= 4 is 10.0 Å². The largest absolute Gasteiger partial charge is 0.343 e. The predicted octanol–water partition coefficient (Wildman–Crippen LogP) is 0.612. The lowest BCUT2D eigenvalue weighted by Gasteiger charge is -2.11. The number of nitrogens with two attached hydrogens (primary N) is 1. The molecular formula is C13H18N4O3S. The molecule has 0 amide bonds. The van der Waals surface area contributed by atoms with Crippen molar-refractivity contribution in [2.45, 2.75) is 31.2 Å². The highest BCUT2D eigenvalue weighted by atomic mass is 32.2. The predicted molar refractivity (Wildman–Crippen MR) is 76.9 cm³/mol. The molecule has 0 aliphatic heterocycles. The first-order chi connectivity index (χ1) is 10.1. The summed E-state index contributed by atoms with van der Waals surface area (Å²) in [6, 6.07) is 5.27. The van der Waals surface area contributed by atoms with Gasteiger partial charge in [0.25, 0.3) is 0 Å². The molecular weight excluding hydrogens is 292 g/mol. The minimum Gasteiger partial charge on any atom is -0.343 e. The van der Waals surface area contributed by atoms with Crippen LogP contribution in [0, 0.1) is 0 Å². The Bertz CT molecular complexity index is 683. The van der Waals surface area contributed by atoms with Gasteiger partial charge in [0.05, 0.1) is 4.90 Å². The highest BCUT2D eigenvalue weighted by Gasteiger charge is 2.18. The Hall–Kier alpha value is -1.77. The number of sulfonamides is 1. The van der Waals surface area contributed by atoms with Gasteiger partial charge in [-0.15, -0.1) is 0 Å². The van der Waals surface area contributed by atoms with E-state index in [1.807, 2.05) is 13.0 Å². The summed E-state index contributed by atoms with van der Waals surface area (Å²) in [7, 11) is -3.58. The quantitative estimate of drug-likeness (QED) is 0.775. The average Bonchev–Trinajstić information content (AvgIpc) is 2.99. The van der Waals surface area contributed by atoms with E-state index in [9.17, 15) is 8.42 Å². The molecule has 1 aromatic carbocycles. The third-order valence-corrected chi connectivity index (χ3v) is 4.63. The summed E-state index contributed by atoms with van der Waals surface area (Å²) in [5.41, 5.74) is 7.12. The van der Waals surface area contributed by atoms with Gasteiger partial charge in [0, 0.05) is 19.5 Å². The summed E-state index contributed by atoms with van der Waals surface area (Å²) in [5.74, 6) is 0.462. The number of hydrogen-bond acceptors (Lipinski definition) is 6. The lowest BCUT2D eigenvalue weighted by molar-refractivity contribution is 0.410. The Kier molecular flexibility index (Phi) is 5.05. The van der Waals surface area contributed by atoms with Crippen molar-refractivity contribution in [3.63, 3.8) is 0 Å². The molecule has 3 N–H and O–H groups in total. The van der Waals surface area contributed by atoms with E-state index in [4.69, 9.17) is 5.73 Å². The molecule has 2 rings (SSSR count). The number of benzene rings is 1. The van der Waals surface area contributed by atoms with Crippen LogP contribution in [0.5, 0.6) is 0 Å².